The Morgan fingerprint density at radius 2 is 1.80 bits per heavy atom. The number of carbonyl (C=O) groups is 1. The highest BCUT2D eigenvalue weighted by molar-refractivity contribution is 5.91. The molecule has 0 fully saturated rings. The molecule has 0 bridgehead atoms. The van der Waals surface area contributed by atoms with Crippen LogP contribution in [0.5, 0.6) is 17.2 Å². The summed E-state index contributed by atoms with van der Waals surface area (Å²) in [6.45, 7) is 4.51. The summed E-state index contributed by atoms with van der Waals surface area (Å²) in [6, 6.07) is 15.1. The second-order valence-electron chi connectivity index (χ2n) is 7.06. The fourth-order valence-electron chi connectivity index (χ4n) is 3.22. The van der Waals surface area contributed by atoms with E-state index in [0.717, 1.165) is 16.9 Å². The zero-order valence-corrected chi connectivity index (χ0v) is 17.7. The summed E-state index contributed by atoms with van der Waals surface area (Å²) >= 11 is 0. The summed E-state index contributed by atoms with van der Waals surface area (Å²) in [5, 5.41) is 7.18. The van der Waals surface area contributed by atoms with Gasteiger partial charge >= 0.3 is 0 Å². The molecule has 0 spiro atoms. The topological polar surface area (TPSA) is 74.6 Å². The average molecular weight is 409 g/mol. The number of benzene rings is 2. The van der Waals surface area contributed by atoms with Gasteiger partial charge in [-0.25, -0.2) is 4.68 Å². The van der Waals surface area contributed by atoms with Crippen LogP contribution in [0.1, 0.15) is 30.9 Å². The molecule has 0 aliphatic rings. The van der Waals surface area contributed by atoms with Crippen LogP contribution >= 0.6 is 0 Å². The molecule has 0 radical (unpaired) electrons. The van der Waals surface area contributed by atoms with Gasteiger partial charge in [-0.2, -0.15) is 5.10 Å². The second-order valence-corrected chi connectivity index (χ2v) is 7.06. The highest BCUT2D eigenvalue weighted by atomic mass is 16.5. The number of amides is 1. The molecule has 158 valence electrons. The van der Waals surface area contributed by atoms with Crippen LogP contribution in [0.25, 0.3) is 0 Å². The molecule has 1 aromatic heterocycles. The van der Waals surface area contributed by atoms with Crippen molar-refractivity contribution in [1.29, 1.82) is 0 Å². The van der Waals surface area contributed by atoms with Crippen molar-refractivity contribution in [1.82, 2.24) is 9.78 Å². The molecule has 0 saturated carbocycles. The Morgan fingerprint density at radius 1 is 1.03 bits per heavy atom. The maximum atomic E-state index is 12.5. The first-order valence-electron chi connectivity index (χ1n) is 9.76. The minimum atomic E-state index is -0.257. The Balaban J connectivity index is 1.67. The average Bonchev–Trinajstić information content (AvgIpc) is 3.18. The number of methoxy groups -OCH3 is 2. The van der Waals surface area contributed by atoms with Crippen LogP contribution in [0.3, 0.4) is 0 Å². The monoisotopic (exact) mass is 409 g/mol. The van der Waals surface area contributed by atoms with E-state index in [1.54, 1.807) is 31.2 Å². The molecule has 7 heteroatoms. The van der Waals surface area contributed by atoms with Gasteiger partial charge in [0.05, 0.1) is 27.0 Å². The standard InChI is InChI=1S/C23H27N3O4/c1-16(2)18-9-5-6-10-19(18)30-15-22(27)25-21-12-13-24-26(21)14-17-8-7-11-20(28-3)23(17)29-4/h5-13,16H,14-15H2,1-4H3,(H,25,27). The molecule has 30 heavy (non-hydrogen) atoms. The first-order chi connectivity index (χ1) is 14.5. The second kappa shape index (κ2) is 9.82. The molecule has 7 nitrogen and oxygen atoms in total. The number of nitrogens with zero attached hydrogens (tertiary/aromatic N) is 2. The summed E-state index contributed by atoms with van der Waals surface area (Å²) < 4.78 is 18.3. The minimum absolute atomic E-state index is 0.0859. The Morgan fingerprint density at radius 3 is 2.53 bits per heavy atom. The molecular formula is C23H27N3O4. The number of anilines is 1. The van der Waals surface area contributed by atoms with E-state index in [4.69, 9.17) is 14.2 Å². The predicted molar refractivity (Wildman–Crippen MR) is 116 cm³/mol. The third kappa shape index (κ3) is 4.92. The van der Waals surface area contributed by atoms with Crippen LogP contribution in [0.4, 0.5) is 5.82 Å². The SMILES string of the molecule is COc1cccc(Cn2nccc2NC(=O)COc2ccccc2C(C)C)c1OC. The van der Waals surface area contributed by atoms with Gasteiger partial charge < -0.3 is 19.5 Å². The number of rotatable bonds is 9. The Labute approximate surface area is 176 Å². The number of carbonyl (C=O) groups excluding carboxylic acids is 1. The van der Waals surface area contributed by atoms with Gasteiger partial charge in [0.1, 0.15) is 11.6 Å². The molecule has 0 atom stereocenters. The van der Waals surface area contributed by atoms with Crippen LogP contribution in [-0.4, -0.2) is 36.5 Å². The van der Waals surface area contributed by atoms with Gasteiger partial charge in [-0.3, -0.25) is 4.79 Å². The summed E-state index contributed by atoms with van der Waals surface area (Å²) in [4.78, 5) is 12.5. The fraction of sp³-hybridized carbons (Fsp3) is 0.304. The highest BCUT2D eigenvalue weighted by Gasteiger charge is 2.14. The molecule has 0 aliphatic carbocycles. The van der Waals surface area contributed by atoms with Crippen molar-refractivity contribution >= 4 is 11.7 Å². The van der Waals surface area contributed by atoms with Crippen molar-refractivity contribution in [3.8, 4) is 17.2 Å². The lowest BCUT2D eigenvalue weighted by Gasteiger charge is -2.15. The number of hydrogen-bond acceptors (Lipinski definition) is 5. The van der Waals surface area contributed by atoms with E-state index in [1.807, 2.05) is 42.5 Å². The summed E-state index contributed by atoms with van der Waals surface area (Å²) in [6.07, 6.45) is 1.64. The third-order valence-corrected chi connectivity index (χ3v) is 4.69. The summed E-state index contributed by atoms with van der Waals surface area (Å²) in [7, 11) is 3.19. The molecule has 1 N–H and O–H groups in total. The smallest absolute Gasteiger partial charge is 0.263 e. The lowest BCUT2D eigenvalue weighted by atomic mass is 10.0. The molecule has 3 aromatic rings. The van der Waals surface area contributed by atoms with E-state index >= 15 is 0 Å². The van der Waals surface area contributed by atoms with Gasteiger partial charge in [0, 0.05) is 11.6 Å². The highest BCUT2D eigenvalue weighted by Crippen LogP contribution is 2.31. The lowest BCUT2D eigenvalue weighted by molar-refractivity contribution is -0.118. The van der Waals surface area contributed by atoms with E-state index in [9.17, 15) is 4.79 Å². The van der Waals surface area contributed by atoms with Crippen molar-refractivity contribution in [2.45, 2.75) is 26.3 Å². The maximum absolute atomic E-state index is 12.5. The zero-order valence-electron chi connectivity index (χ0n) is 17.7. The number of aromatic nitrogens is 2. The van der Waals surface area contributed by atoms with E-state index < -0.39 is 0 Å². The number of nitrogens with one attached hydrogen (secondary N) is 1. The van der Waals surface area contributed by atoms with Crippen molar-refractivity contribution in [2.24, 2.45) is 0 Å². The van der Waals surface area contributed by atoms with E-state index in [0.29, 0.717) is 29.8 Å². The van der Waals surface area contributed by atoms with Crippen molar-refractivity contribution < 1.29 is 19.0 Å². The van der Waals surface area contributed by atoms with E-state index in [1.165, 1.54) is 0 Å². The van der Waals surface area contributed by atoms with Gasteiger partial charge in [-0.15, -0.1) is 0 Å². The molecule has 1 heterocycles. The molecule has 0 aliphatic heterocycles. The van der Waals surface area contributed by atoms with Crippen molar-refractivity contribution in [3.05, 3.63) is 65.9 Å². The van der Waals surface area contributed by atoms with Crippen molar-refractivity contribution in [3.63, 3.8) is 0 Å². The Kier molecular flexibility index (Phi) is 6.95. The van der Waals surface area contributed by atoms with Gasteiger partial charge in [0.25, 0.3) is 5.91 Å². The first-order valence-corrected chi connectivity index (χ1v) is 9.76. The summed E-state index contributed by atoms with van der Waals surface area (Å²) in [5.41, 5.74) is 1.96. The largest absolute Gasteiger partial charge is 0.493 e. The molecule has 0 unspecified atom stereocenters. The Hall–Kier alpha value is -3.48. The molecule has 0 saturated heterocycles. The normalized spacial score (nSPS) is 10.7. The van der Waals surface area contributed by atoms with Crippen LogP contribution in [-0.2, 0) is 11.3 Å². The van der Waals surface area contributed by atoms with Crippen LogP contribution < -0.4 is 19.5 Å². The lowest BCUT2D eigenvalue weighted by Crippen LogP contribution is -2.22. The van der Waals surface area contributed by atoms with Gasteiger partial charge in [-0.1, -0.05) is 44.2 Å². The molecule has 2 aromatic carbocycles. The van der Waals surface area contributed by atoms with Gasteiger partial charge in [0.2, 0.25) is 0 Å². The van der Waals surface area contributed by atoms with Crippen LogP contribution in [0, 0.1) is 0 Å². The fourth-order valence-corrected chi connectivity index (χ4v) is 3.22. The van der Waals surface area contributed by atoms with Crippen LogP contribution in [0.2, 0.25) is 0 Å². The molecule has 3 rings (SSSR count). The quantitative estimate of drug-likeness (QED) is 0.576. The van der Waals surface area contributed by atoms with E-state index in [-0.39, 0.29) is 12.5 Å². The van der Waals surface area contributed by atoms with Crippen molar-refractivity contribution in [2.75, 3.05) is 26.1 Å². The maximum Gasteiger partial charge on any atom is 0.263 e. The first kappa shape index (κ1) is 21.2. The number of hydrogen-bond donors (Lipinski definition) is 1. The number of ether oxygens (including phenoxy) is 3. The van der Waals surface area contributed by atoms with Gasteiger partial charge in [-0.05, 0) is 23.6 Å². The number of para-hydroxylation sites is 2. The Bertz CT molecular complexity index is 998. The minimum Gasteiger partial charge on any atom is -0.493 e. The van der Waals surface area contributed by atoms with Gasteiger partial charge in [0.15, 0.2) is 18.1 Å². The molecular weight excluding hydrogens is 382 g/mol. The summed E-state index contributed by atoms with van der Waals surface area (Å²) in [5.74, 6) is 2.63. The zero-order chi connectivity index (χ0) is 21.5. The third-order valence-electron chi connectivity index (χ3n) is 4.69. The van der Waals surface area contributed by atoms with E-state index in [2.05, 4.69) is 24.3 Å². The predicted octanol–water partition coefficient (Wildman–Crippen LogP) is 4.09. The van der Waals surface area contributed by atoms with Crippen LogP contribution in [0.15, 0.2) is 54.7 Å². The molecule has 1 amide bonds.